The molecule has 1 aromatic carbocycles. The third-order valence-electron chi connectivity index (χ3n) is 3.02. The number of rotatable bonds is 5. The largest absolute Gasteiger partial charge is 0.397 e. The van der Waals surface area contributed by atoms with Crippen molar-refractivity contribution in [2.24, 2.45) is 0 Å². The maximum atomic E-state index is 12.4. The summed E-state index contributed by atoms with van der Waals surface area (Å²) in [4.78, 5) is 14.5. The van der Waals surface area contributed by atoms with E-state index >= 15 is 0 Å². The van der Waals surface area contributed by atoms with E-state index in [1.807, 2.05) is 19.1 Å². The lowest BCUT2D eigenvalue weighted by atomic mass is 10.2. The van der Waals surface area contributed by atoms with Crippen molar-refractivity contribution in [3.05, 3.63) is 28.1 Å². The Balaban J connectivity index is 2.26. The standard InChI is InChI=1S/C14H17ClN2O2S/c1-3-19-8-7-17(2)14(18)13-12(16)11-9(15)5-4-6-10(11)20-13/h4-6H,3,7-8,16H2,1-2H3. The van der Waals surface area contributed by atoms with Crippen molar-refractivity contribution in [1.82, 2.24) is 4.90 Å². The van der Waals surface area contributed by atoms with E-state index in [4.69, 9.17) is 22.1 Å². The van der Waals surface area contributed by atoms with Crippen molar-refractivity contribution in [3.63, 3.8) is 0 Å². The third-order valence-corrected chi connectivity index (χ3v) is 4.49. The first-order valence-electron chi connectivity index (χ1n) is 6.36. The van der Waals surface area contributed by atoms with Gasteiger partial charge in [0.15, 0.2) is 0 Å². The molecule has 0 fully saturated rings. The molecule has 1 heterocycles. The van der Waals surface area contributed by atoms with Crippen LogP contribution in [0.2, 0.25) is 5.02 Å². The summed E-state index contributed by atoms with van der Waals surface area (Å²) in [6.45, 7) is 3.62. The number of thiophene rings is 1. The van der Waals surface area contributed by atoms with E-state index in [9.17, 15) is 4.79 Å². The smallest absolute Gasteiger partial charge is 0.265 e. The second-order valence-corrected chi connectivity index (χ2v) is 5.84. The predicted molar refractivity (Wildman–Crippen MR) is 84.7 cm³/mol. The second-order valence-electron chi connectivity index (χ2n) is 4.38. The van der Waals surface area contributed by atoms with Crippen LogP contribution < -0.4 is 5.73 Å². The average molecular weight is 313 g/mol. The Hall–Kier alpha value is -1.30. The molecule has 0 saturated carbocycles. The molecular weight excluding hydrogens is 296 g/mol. The Morgan fingerprint density at radius 1 is 1.50 bits per heavy atom. The molecule has 0 bridgehead atoms. The first kappa shape index (κ1) is 15.1. The summed E-state index contributed by atoms with van der Waals surface area (Å²) >= 11 is 7.52. The maximum absolute atomic E-state index is 12.4. The Labute approximate surface area is 127 Å². The highest BCUT2D eigenvalue weighted by Crippen LogP contribution is 2.38. The molecule has 6 heteroatoms. The van der Waals surface area contributed by atoms with Gasteiger partial charge in [0, 0.05) is 30.3 Å². The predicted octanol–water partition coefficient (Wildman–Crippen LogP) is 3.25. The van der Waals surface area contributed by atoms with Crippen molar-refractivity contribution in [2.75, 3.05) is 32.5 Å². The number of likely N-dealkylation sites (N-methyl/N-ethyl adjacent to an activating group) is 1. The summed E-state index contributed by atoms with van der Waals surface area (Å²) in [5.74, 6) is -0.0977. The number of nitrogens with zero attached hydrogens (tertiary/aromatic N) is 1. The van der Waals surface area contributed by atoms with Gasteiger partial charge in [-0.15, -0.1) is 11.3 Å². The highest BCUT2D eigenvalue weighted by Gasteiger charge is 2.20. The zero-order valence-electron chi connectivity index (χ0n) is 11.5. The summed E-state index contributed by atoms with van der Waals surface area (Å²) in [5, 5.41) is 1.34. The van der Waals surface area contributed by atoms with Gasteiger partial charge in [-0.3, -0.25) is 4.79 Å². The number of amides is 1. The van der Waals surface area contributed by atoms with E-state index in [1.165, 1.54) is 11.3 Å². The van der Waals surface area contributed by atoms with E-state index in [0.717, 1.165) is 10.1 Å². The highest BCUT2D eigenvalue weighted by atomic mass is 35.5. The number of hydrogen-bond acceptors (Lipinski definition) is 4. The number of halogens is 1. The highest BCUT2D eigenvalue weighted by molar-refractivity contribution is 7.21. The van der Waals surface area contributed by atoms with Crippen LogP contribution in [-0.2, 0) is 4.74 Å². The molecule has 2 rings (SSSR count). The fourth-order valence-corrected chi connectivity index (χ4v) is 3.38. The molecule has 0 spiro atoms. The van der Waals surface area contributed by atoms with Crippen LogP contribution in [0.4, 0.5) is 5.69 Å². The molecule has 0 aliphatic rings. The number of benzene rings is 1. The quantitative estimate of drug-likeness (QED) is 0.862. The minimum absolute atomic E-state index is 0.0977. The number of fused-ring (bicyclic) bond motifs is 1. The average Bonchev–Trinajstić information content (AvgIpc) is 2.76. The molecule has 1 aromatic heterocycles. The lowest BCUT2D eigenvalue weighted by molar-refractivity contribution is 0.0715. The molecule has 4 nitrogen and oxygen atoms in total. The van der Waals surface area contributed by atoms with Gasteiger partial charge in [-0.05, 0) is 19.1 Å². The van der Waals surface area contributed by atoms with Crippen LogP contribution in [0, 0.1) is 0 Å². The van der Waals surface area contributed by atoms with Crippen LogP contribution in [0.15, 0.2) is 18.2 Å². The normalized spacial score (nSPS) is 10.9. The molecule has 0 aliphatic carbocycles. The van der Waals surface area contributed by atoms with Gasteiger partial charge in [-0.1, -0.05) is 17.7 Å². The number of carbonyl (C=O) groups is 1. The number of nitrogen functional groups attached to an aromatic ring is 1. The summed E-state index contributed by atoms with van der Waals surface area (Å²) in [6.07, 6.45) is 0. The van der Waals surface area contributed by atoms with Crippen LogP contribution in [0.1, 0.15) is 16.6 Å². The first-order chi connectivity index (χ1) is 9.56. The lowest BCUT2D eigenvalue weighted by Crippen LogP contribution is -2.30. The van der Waals surface area contributed by atoms with Crippen LogP contribution >= 0.6 is 22.9 Å². The zero-order chi connectivity index (χ0) is 14.7. The van der Waals surface area contributed by atoms with E-state index < -0.39 is 0 Å². The molecule has 2 aromatic rings. The van der Waals surface area contributed by atoms with Crippen molar-refractivity contribution >= 4 is 44.6 Å². The van der Waals surface area contributed by atoms with Crippen molar-refractivity contribution in [2.45, 2.75) is 6.92 Å². The Morgan fingerprint density at radius 2 is 2.25 bits per heavy atom. The molecular formula is C14H17ClN2O2S. The maximum Gasteiger partial charge on any atom is 0.265 e. The first-order valence-corrected chi connectivity index (χ1v) is 7.55. The van der Waals surface area contributed by atoms with Gasteiger partial charge in [-0.25, -0.2) is 0 Å². The van der Waals surface area contributed by atoms with Gasteiger partial charge in [0.1, 0.15) is 4.88 Å². The van der Waals surface area contributed by atoms with Gasteiger partial charge >= 0.3 is 0 Å². The van der Waals surface area contributed by atoms with E-state index in [2.05, 4.69) is 0 Å². The molecule has 20 heavy (non-hydrogen) atoms. The minimum atomic E-state index is -0.0977. The van der Waals surface area contributed by atoms with E-state index in [1.54, 1.807) is 18.0 Å². The third kappa shape index (κ3) is 2.90. The number of anilines is 1. The molecule has 108 valence electrons. The summed E-state index contributed by atoms with van der Waals surface area (Å²) in [6, 6.07) is 5.55. The Kier molecular flexibility index (Phi) is 4.86. The van der Waals surface area contributed by atoms with Gasteiger partial charge in [-0.2, -0.15) is 0 Å². The van der Waals surface area contributed by atoms with Crippen molar-refractivity contribution < 1.29 is 9.53 Å². The Bertz CT molecular complexity index is 627. The number of carbonyl (C=O) groups excluding carboxylic acids is 1. The molecule has 0 aliphatic heterocycles. The van der Waals surface area contributed by atoms with Crippen LogP contribution in [0.5, 0.6) is 0 Å². The van der Waals surface area contributed by atoms with Gasteiger partial charge in [0.05, 0.1) is 17.3 Å². The second kappa shape index (κ2) is 6.43. The van der Waals surface area contributed by atoms with Gasteiger partial charge in [0.2, 0.25) is 0 Å². The fraction of sp³-hybridized carbons (Fsp3) is 0.357. The number of hydrogen-bond donors (Lipinski definition) is 1. The molecule has 0 unspecified atom stereocenters. The fourth-order valence-electron chi connectivity index (χ4n) is 1.91. The molecule has 2 N–H and O–H groups in total. The summed E-state index contributed by atoms with van der Waals surface area (Å²) in [5.41, 5.74) is 6.54. The molecule has 0 atom stereocenters. The van der Waals surface area contributed by atoms with Crippen LogP contribution in [0.25, 0.3) is 10.1 Å². The number of ether oxygens (including phenoxy) is 1. The van der Waals surface area contributed by atoms with Crippen LogP contribution in [-0.4, -0.2) is 37.6 Å². The lowest BCUT2D eigenvalue weighted by Gasteiger charge is -2.16. The molecule has 0 saturated heterocycles. The van der Waals surface area contributed by atoms with Gasteiger partial charge in [0.25, 0.3) is 5.91 Å². The van der Waals surface area contributed by atoms with Crippen LogP contribution in [0.3, 0.4) is 0 Å². The van der Waals surface area contributed by atoms with Crippen molar-refractivity contribution in [3.8, 4) is 0 Å². The zero-order valence-corrected chi connectivity index (χ0v) is 13.1. The topological polar surface area (TPSA) is 55.6 Å². The molecule has 0 radical (unpaired) electrons. The minimum Gasteiger partial charge on any atom is -0.397 e. The van der Waals surface area contributed by atoms with E-state index in [-0.39, 0.29) is 5.91 Å². The van der Waals surface area contributed by atoms with Crippen molar-refractivity contribution in [1.29, 1.82) is 0 Å². The van der Waals surface area contributed by atoms with E-state index in [0.29, 0.717) is 35.3 Å². The Morgan fingerprint density at radius 3 is 2.90 bits per heavy atom. The summed E-state index contributed by atoms with van der Waals surface area (Å²) < 4.78 is 6.18. The number of nitrogens with two attached hydrogens (primary N) is 1. The SMILES string of the molecule is CCOCCN(C)C(=O)c1sc2cccc(Cl)c2c1N. The molecule has 1 amide bonds. The monoisotopic (exact) mass is 312 g/mol. The summed E-state index contributed by atoms with van der Waals surface area (Å²) in [7, 11) is 1.74. The van der Waals surface area contributed by atoms with Gasteiger partial charge < -0.3 is 15.4 Å².